The monoisotopic (exact) mass is 309 g/mol. The summed E-state index contributed by atoms with van der Waals surface area (Å²) in [6.45, 7) is 1.86. The highest BCUT2D eigenvalue weighted by atomic mass is 32.2. The molecule has 3 amide bonds. The molecule has 0 aliphatic rings. The van der Waals surface area contributed by atoms with Gasteiger partial charge >= 0.3 is 12.0 Å². The number of amides is 3. The lowest BCUT2D eigenvalue weighted by molar-refractivity contribution is -0.137. The van der Waals surface area contributed by atoms with E-state index >= 15 is 0 Å². The fourth-order valence-corrected chi connectivity index (χ4v) is 1.22. The first kappa shape index (κ1) is 18.2. The molecular weight excluding hydrogens is 290 g/mol. The Labute approximate surface area is 117 Å². The van der Waals surface area contributed by atoms with E-state index in [2.05, 4.69) is 16.0 Å². The Morgan fingerprint density at radius 3 is 2.05 bits per heavy atom. The molecule has 0 fully saturated rings. The lowest BCUT2D eigenvalue weighted by Crippen LogP contribution is -2.48. The lowest BCUT2D eigenvalue weighted by atomic mass is 10.2. The van der Waals surface area contributed by atoms with Crippen molar-refractivity contribution in [2.45, 2.75) is 18.6 Å². The van der Waals surface area contributed by atoms with Crippen molar-refractivity contribution in [2.24, 2.45) is 0 Å². The zero-order valence-corrected chi connectivity index (χ0v) is 12.3. The summed E-state index contributed by atoms with van der Waals surface area (Å²) in [4.78, 5) is 32.6. The fourth-order valence-electron chi connectivity index (χ4n) is 0.884. The Hall–Kier alpha value is -1.84. The quantitative estimate of drug-likeness (QED) is 0.442. The zero-order valence-electron chi connectivity index (χ0n) is 11.5. The maximum Gasteiger partial charge on any atom is 0.322 e. The van der Waals surface area contributed by atoms with Crippen LogP contribution in [0.5, 0.6) is 0 Å². The highest BCUT2D eigenvalue weighted by molar-refractivity contribution is 7.92. The van der Waals surface area contributed by atoms with Crippen LogP contribution in [0.25, 0.3) is 0 Å². The van der Waals surface area contributed by atoms with Crippen molar-refractivity contribution in [2.75, 3.05) is 25.9 Å². The number of rotatable bonds is 7. The van der Waals surface area contributed by atoms with Crippen molar-refractivity contribution in [3.05, 3.63) is 0 Å². The highest BCUT2D eigenvalue weighted by Gasteiger charge is 2.30. The molecule has 0 aliphatic carbocycles. The predicted molar refractivity (Wildman–Crippen MR) is 71.0 cm³/mol. The number of nitrogens with one attached hydrogen (secondary N) is 3. The van der Waals surface area contributed by atoms with Gasteiger partial charge in [0.25, 0.3) is 0 Å². The standard InChI is InChI=1S/C10H19N3O6S/c1-10(2,20(3,18)19)6-13-9(17)12-4-7(14)11-5-8(15)16/h4-6H2,1-3H3,(H,11,14)(H,15,16)(H2,12,13,17). The van der Waals surface area contributed by atoms with E-state index < -0.39 is 45.6 Å². The van der Waals surface area contributed by atoms with Gasteiger partial charge in [-0.2, -0.15) is 0 Å². The number of urea groups is 1. The number of aliphatic carboxylic acids is 1. The van der Waals surface area contributed by atoms with Gasteiger partial charge in [0.1, 0.15) is 6.54 Å². The summed E-state index contributed by atoms with van der Waals surface area (Å²) >= 11 is 0. The van der Waals surface area contributed by atoms with Crippen LogP contribution in [0.4, 0.5) is 4.79 Å². The summed E-state index contributed by atoms with van der Waals surface area (Å²) in [5, 5.41) is 14.9. The molecule has 4 N–H and O–H groups in total. The van der Waals surface area contributed by atoms with Gasteiger partial charge in [-0.05, 0) is 13.8 Å². The summed E-state index contributed by atoms with van der Waals surface area (Å²) in [6, 6.07) is -0.716. The van der Waals surface area contributed by atoms with Gasteiger partial charge in [0.15, 0.2) is 9.84 Å². The van der Waals surface area contributed by atoms with Crippen molar-refractivity contribution in [1.29, 1.82) is 0 Å². The number of carbonyl (C=O) groups excluding carboxylic acids is 2. The molecule has 0 aromatic carbocycles. The summed E-state index contributed by atoms with van der Waals surface area (Å²) < 4.78 is 21.6. The van der Waals surface area contributed by atoms with Gasteiger partial charge in [-0.25, -0.2) is 13.2 Å². The second-order valence-corrected chi connectivity index (χ2v) is 7.39. The van der Waals surface area contributed by atoms with Gasteiger partial charge in [0.2, 0.25) is 5.91 Å². The number of sulfone groups is 1. The van der Waals surface area contributed by atoms with Gasteiger partial charge in [-0.3, -0.25) is 9.59 Å². The predicted octanol–water partition coefficient (Wildman–Crippen LogP) is -1.69. The van der Waals surface area contributed by atoms with Crippen LogP contribution in [0, 0.1) is 0 Å². The molecule has 116 valence electrons. The van der Waals surface area contributed by atoms with Crippen molar-refractivity contribution in [1.82, 2.24) is 16.0 Å². The SMILES string of the molecule is CC(C)(CNC(=O)NCC(=O)NCC(=O)O)S(C)(=O)=O. The maximum atomic E-state index is 11.4. The minimum absolute atomic E-state index is 0.117. The van der Waals surface area contributed by atoms with E-state index in [1.807, 2.05) is 0 Å². The molecule has 0 aliphatic heterocycles. The minimum Gasteiger partial charge on any atom is -0.480 e. The molecule has 0 rings (SSSR count). The van der Waals surface area contributed by atoms with Crippen molar-refractivity contribution in [3.8, 4) is 0 Å². The van der Waals surface area contributed by atoms with Gasteiger partial charge < -0.3 is 21.1 Å². The van der Waals surface area contributed by atoms with Crippen LogP contribution in [-0.4, -0.2) is 62.1 Å². The molecule has 0 heterocycles. The number of carbonyl (C=O) groups is 3. The van der Waals surface area contributed by atoms with Gasteiger partial charge in [0.05, 0.1) is 11.3 Å². The Morgan fingerprint density at radius 1 is 1.05 bits per heavy atom. The first-order valence-electron chi connectivity index (χ1n) is 5.65. The normalized spacial score (nSPS) is 11.6. The van der Waals surface area contributed by atoms with Crippen LogP contribution in [0.3, 0.4) is 0 Å². The third-order valence-electron chi connectivity index (χ3n) is 2.52. The minimum atomic E-state index is -3.33. The van der Waals surface area contributed by atoms with Crippen molar-refractivity contribution in [3.63, 3.8) is 0 Å². The van der Waals surface area contributed by atoms with E-state index in [9.17, 15) is 22.8 Å². The van der Waals surface area contributed by atoms with Gasteiger partial charge in [-0.15, -0.1) is 0 Å². The van der Waals surface area contributed by atoms with Crippen LogP contribution < -0.4 is 16.0 Å². The topological polar surface area (TPSA) is 142 Å². The summed E-state index contributed by atoms with van der Waals surface area (Å²) in [6.07, 6.45) is 1.06. The smallest absolute Gasteiger partial charge is 0.322 e. The third kappa shape index (κ3) is 6.92. The molecule has 9 nitrogen and oxygen atoms in total. The highest BCUT2D eigenvalue weighted by Crippen LogP contribution is 2.12. The van der Waals surface area contributed by atoms with Gasteiger partial charge in [0, 0.05) is 12.8 Å². The maximum absolute atomic E-state index is 11.4. The molecule has 0 atom stereocenters. The van der Waals surface area contributed by atoms with Crippen LogP contribution >= 0.6 is 0 Å². The molecule has 0 aromatic rings. The van der Waals surface area contributed by atoms with Crippen LogP contribution in [-0.2, 0) is 19.4 Å². The first-order valence-corrected chi connectivity index (χ1v) is 7.54. The van der Waals surface area contributed by atoms with E-state index in [1.165, 1.54) is 13.8 Å². The summed E-state index contributed by atoms with van der Waals surface area (Å²) in [5.74, 6) is -1.86. The molecule has 10 heteroatoms. The van der Waals surface area contributed by atoms with Gasteiger partial charge in [-0.1, -0.05) is 0 Å². The second kappa shape index (κ2) is 7.08. The average Bonchev–Trinajstić information content (AvgIpc) is 2.29. The van der Waals surface area contributed by atoms with Crippen molar-refractivity contribution < 1.29 is 27.9 Å². The van der Waals surface area contributed by atoms with E-state index in [1.54, 1.807) is 0 Å². The van der Waals surface area contributed by atoms with E-state index in [4.69, 9.17) is 5.11 Å². The zero-order chi connectivity index (χ0) is 16.0. The molecule has 0 aromatic heterocycles. The fraction of sp³-hybridized carbons (Fsp3) is 0.700. The number of carboxylic acid groups (broad SMARTS) is 1. The Balaban J connectivity index is 4.08. The third-order valence-corrected chi connectivity index (χ3v) is 4.68. The van der Waals surface area contributed by atoms with Crippen LogP contribution in [0.1, 0.15) is 13.8 Å². The average molecular weight is 309 g/mol. The Kier molecular flexibility index (Phi) is 6.43. The molecule has 0 saturated carbocycles. The number of carboxylic acids is 1. The Morgan fingerprint density at radius 2 is 1.60 bits per heavy atom. The largest absolute Gasteiger partial charge is 0.480 e. The summed E-state index contributed by atoms with van der Waals surface area (Å²) in [5.41, 5.74) is 0. The Bertz CT molecular complexity index is 485. The molecule has 0 unspecified atom stereocenters. The second-order valence-electron chi connectivity index (χ2n) is 4.74. The molecule has 20 heavy (non-hydrogen) atoms. The van der Waals surface area contributed by atoms with Crippen LogP contribution in [0.15, 0.2) is 0 Å². The summed E-state index contributed by atoms with van der Waals surface area (Å²) in [7, 11) is -3.33. The molecular formula is C10H19N3O6S. The van der Waals surface area contributed by atoms with E-state index in [-0.39, 0.29) is 6.54 Å². The number of hydrogen-bond acceptors (Lipinski definition) is 5. The molecule has 0 spiro atoms. The lowest BCUT2D eigenvalue weighted by Gasteiger charge is -2.22. The molecule has 0 radical (unpaired) electrons. The van der Waals surface area contributed by atoms with E-state index in [0.29, 0.717) is 0 Å². The van der Waals surface area contributed by atoms with Crippen LogP contribution in [0.2, 0.25) is 0 Å². The van der Waals surface area contributed by atoms with Crippen molar-refractivity contribution >= 4 is 27.7 Å². The first-order chi connectivity index (χ1) is 8.95. The number of hydrogen-bond donors (Lipinski definition) is 4. The molecule has 0 bridgehead atoms. The molecule has 0 saturated heterocycles. The van der Waals surface area contributed by atoms with E-state index in [0.717, 1.165) is 6.26 Å².